The molecule has 0 fully saturated rings. The number of amides is 2. The number of fused-ring (bicyclic) bond motifs is 2. The molecular formula is C23H19N6O3+. The first kappa shape index (κ1) is 19.8. The zero-order chi connectivity index (χ0) is 22.1. The molecule has 2 aromatic rings. The van der Waals surface area contributed by atoms with Gasteiger partial charge in [-0.2, -0.15) is 4.99 Å². The molecule has 2 N–H and O–H groups in total. The summed E-state index contributed by atoms with van der Waals surface area (Å²) in [4.78, 5) is 34.7. The second-order valence-electron chi connectivity index (χ2n) is 7.45. The molecule has 0 radical (unpaired) electrons. The molecule has 1 unspecified atom stereocenters. The predicted octanol–water partition coefficient (Wildman–Crippen LogP) is 2.44. The van der Waals surface area contributed by atoms with Gasteiger partial charge < -0.3 is 4.42 Å². The highest BCUT2D eigenvalue weighted by molar-refractivity contribution is 6.31. The Morgan fingerprint density at radius 1 is 1.06 bits per heavy atom. The van der Waals surface area contributed by atoms with Gasteiger partial charge in [0.1, 0.15) is 6.21 Å². The summed E-state index contributed by atoms with van der Waals surface area (Å²) in [6, 6.07) is 10.4. The van der Waals surface area contributed by atoms with E-state index in [-0.39, 0.29) is 16.5 Å². The first-order chi connectivity index (χ1) is 15.5. The maximum Gasteiger partial charge on any atom is 0.300 e. The number of rotatable bonds is 5. The van der Waals surface area contributed by atoms with Crippen molar-refractivity contribution < 1.29 is 18.7 Å². The molecule has 158 valence electrons. The second-order valence-corrected chi connectivity index (χ2v) is 7.45. The summed E-state index contributed by atoms with van der Waals surface area (Å²) < 4.78 is 4.97. The van der Waals surface area contributed by atoms with Gasteiger partial charge >= 0.3 is 0 Å². The van der Waals surface area contributed by atoms with Crippen LogP contribution in [0, 0.1) is 11.8 Å². The van der Waals surface area contributed by atoms with Crippen LogP contribution >= 0.6 is 0 Å². The molecule has 0 aliphatic carbocycles. The van der Waals surface area contributed by atoms with Gasteiger partial charge in [-0.3, -0.25) is 14.5 Å². The number of furan rings is 1. The molecule has 0 saturated carbocycles. The third-order valence-electron chi connectivity index (χ3n) is 5.26. The quantitative estimate of drug-likeness (QED) is 0.260. The topological polar surface area (TPSA) is 114 Å². The predicted molar refractivity (Wildman–Crippen MR) is 117 cm³/mol. The van der Waals surface area contributed by atoms with Crippen molar-refractivity contribution in [1.29, 1.82) is 0 Å². The average molecular weight is 427 g/mol. The van der Waals surface area contributed by atoms with Crippen LogP contribution in [0.25, 0.3) is 0 Å². The molecule has 9 heteroatoms. The molecule has 0 saturated heterocycles. The van der Waals surface area contributed by atoms with Crippen LogP contribution in [0.4, 0.5) is 0 Å². The Bertz CT molecular complexity index is 1260. The van der Waals surface area contributed by atoms with E-state index in [2.05, 4.69) is 26.9 Å². The minimum Gasteiger partial charge on any atom is -0.461 e. The summed E-state index contributed by atoms with van der Waals surface area (Å²) in [5.74, 6) is 13.3. The molecule has 1 aromatic heterocycles. The van der Waals surface area contributed by atoms with E-state index in [1.165, 1.54) is 4.90 Å². The summed E-state index contributed by atoms with van der Waals surface area (Å²) in [5, 5.41) is 4.40. The normalized spacial score (nSPS) is 20.9. The average Bonchev–Trinajstić information content (AvgIpc) is 3.49. The number of carbonyl (C=O) groups is 2. The minimum atomic E-state index is -0.358. The van der Waals surface area contributed by atoms with Gasteiger partial charge in [0.15, 0.2) is 17.7 Å². The second kappa shape index (κ2) is 7.85. The molecule has 0 spiro atoms. The zero-order valence-corrected chi connectivity index (χ0v) is 17.1. The number of quaternary nitrogens is 1. The molecule has 1 atom stereocenters. The molecule has 9 nitrogen and oxygen atoms in total. The molecule has 2 amide bonds. The Morgan fingerprint density at radius 3 is 2.56 bits per heavy atom. The van der Waals surface area contributed by atoms with E-state index in [0.717, 1.165) is 6.42 Å². The van der Waals surface area contributed by atoms with E-state index >= 15 is 0 Å². The van der Waals surface area contributed by atoms with Crippen molar-refractivity contribution in [3.05, 3.63) is 71.4 Å². The Kier molecular flexibility index (Phi) is 4.86. The third kappa shape index (κ3) is 3.47. The number of nitrogens with zero attached hydrogens (tertiary/aromatic N) is 5. The van der Waals surface area contributed by atoms with Gasteiger partial charge in [0.25, 0.3) is 23.5 Å². The Balaban J connectivity index is 1.15. The number of aliphatic imine (C=N–C) groups is 2. The van der Waals surface area contributed by atoms with Gasteiger partial charge in [-0.05, 0) is 52.8 Å². The highest BCUT2D eigenvalue weighted by Gasteiger charge is 2.39. The maximum atomic E-state index is 12.4. The Hall–Kier alpha value is -4.13. The molecule has 3 aliphatic rings. The maximum absolute atomic E-state index is 12.4. The van der Waals surface area contributed by atoms with E-state index in [0.29, 0.717) is 53.6 Å². The van der Waals surface area contributed by atoms with Crippen LogP contribution in [0.1, 0.15) is 45.7 Å². The number of hydrogen-bond donors (Lipinski definition) is 1. The lowest BCUT2D eigenvalue weighted by Crippen LogP contribution is -2.50. The van der Waals surface area contributed by atoms with Crippen LogP contribution in [0.3, 0.4) is 0 Å². The summed E-state index contributed by atoms with van der Waals surface area (Å²) in [6.45, 7) is 0.377. The van der Waals surface area contributed by atoms with Crippen LogP contribution in [0.15, 0.2) is 74.1 Å². The number of benzene rings is 1. The van der Waals surface area contributed by atoms with Gasteiger partial charge in [0.2, 0.25) is 0 Å². The highest BCUT2D eigenvalue weighted by atomic mass is 16.3. The largest absolute Gasteiger partial charge is 0.461 e. The van der Waals surface area contributed by atoms with E-state index in [9.17, 15) is 9.59 Å². The summed E-state index contributed by atoms with van der Waals surface area (Å²) in [6.07, 6.45) is 6.74. The molecule has 32 heavy (non-hydrogen) atoms. The van der Waals surface area contributed by atoms with Crippen LogP contribution in [-0.2, 0) is 0 Å². The Labute approximate surface area is 183 Å². The highest BCUT2D eigenvalue weighted by Crippen LogP contribution is 2.23. The molecule has 4 heterocycles. The van der Waals surface area contributed by atoms with Crippen molar-refractivity contribution in [2.75, 3.05) is 6.54 Å². The van der Waals surface area contributed by atoms with Crippen LogP contribution < -0.4 is 5.84 Å². The number of imide groups is 1. The Morgan fingerprint density at radius 2 is 1.84 bits per heavy atom. The number of amidine groups is 2. The fourth-order valence-electron chi connectivity index (χ4n) is 3.64. The lowest BCUT2D eigenvalue weighted by Gasteiger charge is -2.17. The number of nitrogens with two attached hydrogens (primary N) is 1. The minimum absolute atomic E-state index is 0.229. The van der Waals surface area contributed by atoms with E-state index in [1.807, 2.05) is 0 Å². The third-order valence-corrected chi connectivity index (χ3v) is 5.26. The van der Waals surface area contributed by atoms with Gasteiger partial charge in [0.05, 0.1) is 17.4 Å². The van der Waals surface area contributed by atoms with Gasteiger partial charge in [0, 0.05) is 13.0 Å². The summed E-state index contributed by atoms with van der Waals surface area (Å²) in [7, 11) is 0. The zero-order valence-electron chi connectivity index (χ0n) is 17.1. The first-order valence-electron chi connectivity index (χ1n) is 10.2. The van der Waals surface area contributed by atoms with Crippen molar-refractivity contribution >= 4 is 29.7 Å². The smallest absolute Gasteiger partial charge is 0.300 e. The molecule has 0 bridgehead atoms. The lowest BCUT2D eigenvalue weighted by molar-refractivity contribution is -0.803. The van der Waals surface area contributed by atoms with E-state index in [1.54, 1.807) is 55.1 Å². The van der Waals surface area contributed by atoms with E-state index in [4.69, 9.17) is 10.3 Å². The van der Waals surface area contributed by atoms with Crippen molar-refractivity contribution in [2.24, 2.45) is 20.9 Å². The number of hydrogen-bond acceptors (Lipinski definition) is 7. The SMILES string of the molecule is N[N+]12C=C(C#CCCCCN3C(=O)c4ccccc4C3=O)N=CC1=NC(c1ccco1)=N2. The van der Waals surface area contributed by atoms with Crippen LogP contribution in [0.5, 0.6) is 0 Å². The molecule has 5 rings (SSSR count). The molecular weight excluding hydrogens is 408 g/mol. The van der Waals surface area contributed by atoms with Crippen molar-refractivity contribution in [3.63, 3.8) is 0 Å². The van der Waals surface area contributed by atoms with E-state index < -0.39 is 0 Å². The van der Waals surface area contributed by atoms with Gasteiger partial charge in [-0.1, -0.05) is 18.1 Å². The van der Waals surface area contributed by atoms with Crippen LogP contribution in [0.2, 0.25) is 0 Å². The first-order valence-corrected chi connectivity index (χ1v) is 10.2. The fraction of sp³-hybridized carbons (Fsp3) is 0.174. The standard InChI is InChI=1S/C23H19N6O3/c24-29-15-16(25-14-20(29)26-21(27-29)19-11-7-13-32-19)8-3-1-2-6-12-28-22(30)17-9-4-5-10-18(17)23(28)31/h4-5,7,9-11,13-15H,1-2,6,12,24H2/q+1. The van der Waals surface area contributed by atoms with Gasteiger partial charge in [-0.25, -0.2) is 4.99 Å². The molecule has 1 aromatic carbocycles. The van der Waals surface area contributed by atoms with Gasteiger partial charge in [-0.15, -0.1) is 5.84 Å². The lowest BCUT2D eigenvalue weighted by atomic mass is 10.1. The van der Waals surface area contributed by atoms with Crippen molar-refractivity contribution in [2.45, 2.75) is 19.3 Å². The number of allylic oxidation sites excluding steroid dienone is 1. The molecule has 3 aliphatic heterocycles. The van der Waals surface area contributed by atoms with Crippen LogP contribution in [-0.4, -0.2) is 45.8 Å². The monoisotopic (exact) mass is 427 g/mol. The summed E-state index contributed by atoms with van der Waals surface area (Å²) in [5.41, 5.74) is 1.44. The number of unbranched alkanes of at least 4 members (excludes halogenated alkanes) is 2. The number of carbonyl (C=O) groups excluding carboxylic acids is 2. The summed E-state index contributed by atoms with van der Waals surface area (Å²) >= 11 is 0. The van der Waals surface area contributed by atoms with Crippen molar-refractivity contribution in [1.82, 2.24) is 4.90 Å². The fourth-order valence-corrected chi connectivity index (χ4v) is 3.64. The van der Waals surface area contributed by atoms with Crippen molar-refractivity contribution in [3.8, 4) is 11.8 Å².